The van der Waals surface area contributed by atoms with Gasteiger partial charge in [0.2, 0.25) is 6.29 Å². The smallest absolute Gasteiger partial charge is 0.336 e. The second kappa shape index (κ2) is 10.3. The first-order chi connectivity index (χ1) is 18.2. The molecule has 0 aliphatic carbocycles. The standard InChI is InChI=1S/C28H31N3O7/c1-16-21(36-27-23(33)22(32)25(35-4)28(2,3)38-27)13-11-18-14-20(26(34)37-24(16)18)31-15-19(29-30-31)12-10-17-8-6-5-7-9-17/h5-13,15,20,22-23,25,27,32-33H,14H2,1-4H3/b12-10+/t20?,22-,23+,25+,27+/m0/s1. The van der Waals surface area contributed by atoms with E-state index in [1.807, 2.05) is 42.5 Å². The molecule has 38 heavy (non-hydrogen) atoms. The molecule has 10 nitrogen and oxygen atoms in total. The Kier molecular flexibility index (Phi) is 7.06. The van der Waals surface area contributed by atoms with E-state index in [-0.39, 0.29) is 0 Å². The van der Waals surface area contributed by atoms with Crippen LogP contribution >= 0.6 is 0 Å². The van der Waals surface area contributed by atoms with Gasteiger partial charge in [-0.05, 0) is 44.0 Å². The lowest BCUT2D eigenvalue weighted by molar-refractivity contribution is -0.306. The zero-order valence-corrected chi connectivity index (χ0v) is 21.6. The lowest BCUT2D eigenvalue weighted by Gasteiger charge is -2.46. The molecular formula is C28H31N3O7. The van der Waals surface area contributed by atoms with Crippen LogP contribution in [-0.4, -0.2) is 68.5 Å². The summed E-state index contributed by atoms with van der Waals surface area (Å²) in [5.41, 5.74) is 2.13. The van der Waals surface area contributed by atoms with Gasteiger partial charge in [0, 0.05) is 19.1 Å². The fourth-order valence-electron chi connectivity index (χ4n) is 4.92. The normalized spacial score (nSPS) is 26.7. The quantitative estimate of drug-likeness (QED) is 0.372. The molecule has 0 amide bonds. The van der Waals surface area contributed by atoms with Crippen molar-refractivity contribution < 1.29 is 34.0 Å². The van der Waals surface area contributed by atoms with Gasteiger partial charge in [-0.15, -0.1) is 5.10 Å². The summed E-state index contributed by atoms with van der Waals surface area (Å²) in [6.45, 7) is 5.26. The molecule has 1 aromatic heterocycles. The van der Waals surface area contributed by atoms with Crippen LogP contribution in [0.2, 0.25) is 0 Å². The van der Waals surface area contributed by atoms with Crippen molar-refractivity contribution in [1.82, 2.24) is 15.0 Å². The number of aliphatic hydroxyl groups excluding tert-OH is 2. The summed E-state index contributed by atoms with van der Waals surface area (Å²) in [5, 5.41) is 29.4. The van der Waals surface area contributed by atoms with Crippen LogP contribution in [-0.2, 0) is 20.7 Å². The summed E-state index contributed by atoms with van der Waals surface area (Å²) in [5.74, 6) is 0.301. The van der Waals surface area contributed by atoms with Crippen molar-refractivity contribution in [2.45, 2.75) is 63.4 Å². The number of esters is 1. The third-order valence-electron chi connectivity index (χ3n) is 6.96. The summed E-state index contributed by atoms with van der Waals surface area (Å²) < 4.78 is 24.4. The lowest BCUT2D eigenvalue weighted by atomic mass is 9.89. The number of aromatic nitrogens is 3. The molecule has 2 aromatic carbocycles. The van der Waals surface area contributed by atoms with E-state index in [0.29, 0.717) is 29.2 Å². The van der Waals surface area contributed by atoms with Crippen LogP contribution in [0.5, 0.6) is 11.5 Å². The Balaban J connectivity index is 1.32. The second-order valence-electron chi connectivity index (χ2n) is 10.0. The van der Waals surface area contributed by atoms with E-state index in [0.717, 1.165) is 11.1 Å². The molecular weight excluding hydrogens is 490 g/mol. The number of hydrogen-bond donors (Lipinski definition) is 2. The highest BCUT2D eigenvalue weighted by Crippen LogP contribution is 2.39. The number of methoxy groups -OCH3 is 1. The van der Waals surface area contributed by atoms with Crippen molar-refractivity contribution in [3.8, 4) is 11.5 Å². The maximum Gasteiger partial charge on any atom is 0.336 e. The first-order valence-electron chi connectivity index (χ1n) is 12.4. The molecule has 2 N–H and O–H groups in total. The minimum Gasteiger partial charge on any atom is -0.462 e. The van der Waals surface area contributed by atoms with Crippen LogP contribution in [0.15, 0.2) is 48.7 Å². The Bertz CT molecular complexity index is 1340. The predicted molar refractivity (Wildman–Crippen MR) is 137 cm³/mol. The predicted octanol–water partition coefficient (Wildman–Crippen LogP) is 2.71. The number of rotatable bonds is 6. The third-order valence-corrected chi connectivity index (χ3v) is 6.96. The van der Waals surface area contributed by atoms with E-state index in [4.69, 9.17) is 18.9 Å². The Morgan fingerprint density at radius 3 is 2.61 bits per heavy atom. The minimum atomic E-state index is -1.34. The van der Waals surface area contributed by atoms with Gasteiger partial charge in [-0.3, -0.25) is 0 Å². The average molecular weight is 522 g/mol. The Morgan fingerprint density at radius 1 is 1.11 bits per heavy atom. The highest BCUT2D eigenvalue weighted by molar-refractivity contribution is 5.80. The number of carbonyl (C=O) groups is 1. The van der Waals surface area contributed by atoms with E-state index in [1.54, 1.807) is 39.1 Å². The van der Waals surface area contributed by atoms with Crippen LogP contribution in [0, 0.1) is 6.92 Å². The summed E-state index contributed by atoms with van der Waals surface area (Å²) >= 11 is 0. The maximum atomic E-state index is 13.0. The number of ether oxygens (including phenoxy) is 4. The van der Waals surface area contributed by atoms with Crippen LogP contribution in [0.3, 0.4) is 0 Å². The lowest BCUT2D eigenvalue weighted by Crippen LogP contribution is -2.63. The first-order valence-corrected chi connectivity index (χ1v) is 12.4. The van der Waals surface area contributed by atoms with Gasteiger partial charge < -0.3 is 29.2 Å². The monoisotopic (exact) mass is 521 g/mol. The van der Waals surface area contributed by atoms with Crippen molar-refractivity contribution in [3.05, 3.63) is 71.0 Å². The van der Waals surface area contributed by atoms with Crippen LogP contribution < -0.4 is 9.47 Å². The topological polar surface area (TPSA) is 125 Å². The van der Waals surface area contributed by atoms with Gasteiger partial charge in [0.05, 0.1) is 11.8 Å². The van der Waals surface area contributed by atoms with Gasteiger partial charge >= 0.3 is 5.97 Å². The number of benzene rings is 2. The van der Waals surface area contributed by atoms with Gasteiger partial charge in [0.15, 0.2) is 6.04 Å². The van der Waals surface area contributed by atoms with Crippen molar-refractivity contribution in [1.29, 1.82) is 0 Å². The highest BCUT2D eigenvalue weighted by atomic mass is 16.7. The van der Waals surface area contributed by atoms with Gasteiger partial charge in [-0.1, -0.05) is 47.7 Å². The molecule has 200 valence electrons. The van der Waals surface area contributed by atoms with E-state index in [1.165, 1.54) is 11.8 Å². The van der Waals surface area contributed by atoms with Crippen LogP contribution in [0.25, 0.3) is 12.2 Å². The molecule has 0 radical (unpaired) electrons. The zero-order chi connectivity index (χ0) is 27.0. The van der Waals surface area contributed by atoms with Crippen LogP contribution in [0.1, 0.15) is 42.3 Å². The van der Waals surface area contributed by atoms with Crippen molar-refractivity contribution in [2.24, 2.45) is 0 Å². The number of fused-ring (bicyclic) bond motifs is 1. The molecule has 0 spiro atoms. The summed E-state index contributed by atoms with van der Waals surface area (Å²) in [4.78, 5) is 13.0. The molecule has 1 saturated heterocycles. The molecule has 1 fully saturated rings. The molecule has 2 aliphatic rings. The molecule has 3 aromatic rings. The van der Waals surface area contributed by atoms with Crippen molar-refractivity contribution >= 4 is 18.1 Å². The third kappa shape index (κ3) is 4.95. The Labute approximate surface area is 220 Å². The maximum absolute atomic E-state index is 13.0. The molecule has 10 heteroatoms. The Hall–Kier alpha value is -3.57. The summed E-state index contributed by atoms with van der Waals surface area (Å²) in [7, 11) is 1.45. The number of hydrogen-bond acceptors (Lipinski definition) is 9. The number of carbonyl (C=O) groups excluding carboxylic acids is 1. The fraction of sp³-hybridized carbons (Fsp3) is 0.393. The number of aliphatic hydroxyl groups is 2. The van der Waals surface area contributed by atoms with Crippen molar-refractivity contribution in [2.75, 3.05) is 7.11 Å². The summed E-state index contributed by atoms with van der Waals surface area (Å²) in [6, 6.07) is 12.7. The molecule has 5 atom stereocenters. The van der Waals surface area contributed by atoms with Crippen LogP contribution in [0.4, 0.5) is 0 Å². The van der Waals surface area contributed by atoms with Gasteiger partial charge in [-0.25, -0.2) is 9.48 Å². The number of nitrogens with zero attached hydrogens (tertiary/aromatic N) is 3. The van der Waals surface area contributed by atoms with Gasteiger partial charge in [0.1, 0.15) is 35.5 Å². The largest absolute Gasteiger partial charge is 0.462 e. The molecule has 3 heterocycles. The molecule has 1 unspecified atom stereocenters. The van der Waals surface area contributed by atoms with E-state index in [9.17, 15) is 15.0 Å². The van der Waals surface area contributed by atoms with E-state index in [2.05, 4.69) is 10.3 Å². The fourth-order valence-corrected chi connectivity index (χ4v) is 4.92. The van der Waals surface area contributed by atoms with E-state index < -0.39 is 42.2 Å². The Morgan fingerprint density at radius 2 is 1.87 bits per heavy atom. The van der Waals surface area contributed by atoms with Crippen molar-refractivity contribution in [3.63, 3.8) is 0 Å². The zero-order valence-electron chi connectivity index (χ0n) is 21.6. The molecule has 2 aliphatic heterocycles. The van der Waals surface area contributed by atoms with E-state index >= 15 is 0 Å². The summed E-state index contributed by atoms with van der Waals surface area (Å²) in [6.07, 6.45) is 1.42. The van der Waals surface area contributed by atoms with Gasteiger partial charge in [0.25, 0.3) is 0 Å². The molecule has 0 saturated carbocycles. The molecule has 5 rings (SSSR count). The van der Waals surface area contributed by atoms with Gasteiger partial charge in [-0.2, -0.15) is 0 Å². The SMILES string of the molecule is CO[C@@H]1[C@@H](O)[C@@H](O)[C@H](Oc2ccc3c(c2C)OC(=O)C(n2cc(/C=C/c4ccccc4)nn2)C3)OC1(C)C. The highest BCUT2D eigenvalue weighted by Gasteiger charge is 2.50. The molecule has 0 bridgehead atoms. The first kappa shape index (κ1) is 26.1. The minimum absolute atomic E-state index is 0.365. The second-order valence-corrected chi connectivity index (χ2v) is 10.0. The average Bonchev–Trinajstić information content (AvgIpc) is 3.37.